The maximum atomic E-state index is 8.43. The lowest BCUT2D eigenvalue weighted by Crippen LogP contribution is -2.20. The van der Waals surface area contributed by atoms with Gasteiger partial charge in [-0.2, -0.15) is 0 Å². The molecular weight excluding hydrogens is 116 g/mol. The molecule has 0 aromatic carbocycles. The molecule has 2 heteroatoms. The normalized spacial score (nSPS) is 9.78. The van der Waals surface area contributed by atoms with Crippen LogP contribution in [0.3, 0.4) is 0 Å². The fourth-order valence-electron chi connectivity index (χ4n) is 0.0500. The summed E-state index contributed by atoms with van der Waals surface area (Å²) in [5, 5.41) is 16.9. The highest BCUT2D eigenvalue weighted by Crippen LogP contribution is 2.10. The maximum absolute atomic E-state index is 8.43. The molecule has 0 spiro atoms. The molecular formula is C7H16O2. The van der Waals surface area contributed by atoms with Gasteiger partial charge in [0.2, 0.25) is 0 Å². The van der Waals surface area contributed by atoms with E-state index in [-0.39, 0.29) is 18.6 Å². The summed E-state index contributed by atoms with van der Waals surface area (Å²) in [5.74, 6) is 0. The molecule has 0 aliphatic rings. The number of hydrogen-bond acceptors (Lipinski definition) is 2. The van der Waals surface area contributed by atoms with Crippen LogP contribution in [0.25, 0.3) is 0 Å². The van der Waals surface area contributed by atoms with Crippen molar-refractivity contribution in [1.29, 1.82) is 0 Å². The van der Waals surface area contributed by atoms with E-state index >= 15 is 0 Å². The Labute approximate surface area is 56.8 Å². The molecule has 0 atom stereocenters. The van der Waals surface area contributed by atoms with Crippen molar-refractivity contribution in [2.75, 3.05) is 13.2 Å². The van der Waals surface area contributed by atoms with Gasteiger partial charge in [-0.15, -0.1) is 13.2 Å². The third-order valence-electron chi connectivity index (χ3n) is 0.856. The summed E-state index contributed by atoms with van der Waals surface area (Å²) in [5.41, 5.74) is -0.306. The van der Waals surface area contributed by atoms with Crippen LogP contribution in [0.2, 0.25) is 0 Å². The van der Waals surface area contributed by atoms with Gasteiger partial charge in [-0.05, 0) is 0 Å². The lowest BCUT2D eigenvalue weighted by molar-refractivity contribution is 0.0857. The molecule has 0 aromatic heterocycles. The van der Waals surface area contributed by atoms with E-state index in [2.05, 4.69) is 13.2 Å². The van der Waals surface area contributed by atoms with Gasteiger partial charge >= 0.3 is 0 Å². The van der Waals surface area contributed by atoms with E-state index in [0.29, 0.717) is 0 Å². The second-order valence-corrected chi connectivity index (χ2v) is 2.48. The van der Waals surface area contributed by atoms with E-state index in [1.165, 1.54) is 0 Å². The van der Waals surface area contributed by atoms with Crippen molar-refractivity contribution in [2.45, 2.75) is 13.8 Å². The molecule has 0 saturated carbocycles. The molecule has 0 radical (unpaired) electrons. The zero-order valence-corrected chi connectivity index (χ0v) is 6.22. The minimum atomic E-state index is -0.306. The zero-order chi connectivity index (χ0) is 7.91. The van der Waals surface area contributed by atoms with E-state index in [1.807, 2.05) is 0 Å². The van der Waals surface area contributed by atoms with E-state index in [9.17, 15) is 0 Å². The van der Waals surface area contributed by atoms with Gasteiger partial charge in [0.25, 0.3) is 0 Å². The second kappa shape index (κ2) is 5.79. The van der Waals surface area contributed by atoms with Crippen molar-refractivity contribution in [3.63, 3.8) is 0 Å². The average Bonchev–Trinajstić information content (AvgIpc) is 1.93. The van der Waals surface area contributed by atoms with Gasteiger partial charge in [-0.25, -0.2) is 0 Å². The van der Waals surface area contributed by atoms with Crippen molar-refractivity contribution < 1.29 is 10.2 Å². The molecule has 0 aliphatic heterocycles. The van der Waals surface area contributed by atoms with Crippen molar-refractivity contribution in [3.05, 3.63) is 13.2 Å². The van der Waals surface area contributed by atoms with E-state index < -0.39 is 0 Å². The standard InChI is InChI=1S/C5H12O2.C2H4/c1-5(2,3-6)4-7;1-2/h6-7H,3-4H2,1-2H3;1-2H2. The van der Waals surface area contributed by atoms with Gasteiger partial charge in [-0.3, -0.25) is 0 Å². The summed E-state index contributed by atoms with van der Waals surface area (Å²) < 4.78 is 0. The molecule has 0 aromatic rings. The molecule has 0 rings (SSSR count). The lowest BCUT2D eigenvalue weighted by Gasteiger charge is -2.16. The third kappa shape index (κ3) is 7.66. The Hall–Kier alpha value is -0.340. The topological polar surface area (TPSA) is 40.5 Å². The first-order valence-corrected chi connectivity index (χ1v) is 2.84. The van der Waals surface area contributed by atoms with Crippen molar-refractivity contribution in [3.8, 4) is 0 Å². The highest BCUT2D eigenvalue weighted by Gasteiger charge is 2.13. The fraction of sp³-hybridized carbons (Fsp3) is 0.714. The Balaban J connectivity index is 0. The monoisotopic (exact) mass is 132 g/mol. The molecule has 0 amide bonds. The highest BCUT2D eigenvalue weighted by atomic mass is 16.3. The van der Waals surface area contributed by atoms with Crippen molar-refractivity contribution in [2.24, 2.45) is 5.41 Å². The first-order chi connectivity index (χ1) is 4.12. The molecule has 9 heavy (non-hydrogen) atoms. The van der Waals surface area contributed by atoms with Gasteiger partial charge in [0.1, 0.15) is 0 Å². The molecule has 0 heterocycles. The van der Waals surface area contributed by atoms with Crippen LogP contribution in [0.1, 0.15) is 13.8 Å². The number of rotatable bonds is 2. The van der Waals surface area contributed by atoms with Crippen LogP contribution in [-0.4, -0.2) is 23.4 Å². The summed E-state index contributed by atoms with van der Waals surface area (Å²) in [6, 6.07) is 0. The molecule has 2 N–H and O–H groups in total. The molecule has 56 valence electrons. The lowest BCUT2D eigenvalue weighted by atomic mass is 9.97. The first-order valence-electron chi connectivity index (χ1n) is 2.84. The van der Waals surface area contributed by atoms with Gasteiger partial charge in [-0.1, -0.05) is 13.8 Å². The largest absolute Gasteiger partial charge is 0.396 e. The third-order valence-corrected chi connectivity index (χ3v) is 0.856. The van der Waals surface area contributed by atoms with Crippen LogP contribution in [0, 0.1) is 5.41 Å². The number of aliphatic hydroxyl groups is 2. The van der Waals surface area contributed by atoms with Crippen LogP contribution in [0.5, 0.6) is 0 Å². The summed E-state index contributed by atoms with van der Waals surface area (Å²) >= 11 is 0. The minimum absolute atomic E-state index is 0.0451. The summed E-state index contributed by atoms with van der Waals surface area (Å²) in [4.78, 5) is 0. The first kappa shape index (κ1) is 11.5. The Morgan fingerprint density at radius 3 is 1.33 bits per heavy atom. The summed E-state index contributed by atoms with van der Waals surface area (Å²) in [6.45, 7) is 9.69. The van der Waals surface area contributed by atoms with Crippen LogP contribution in [0.4, 0.5) is 0 Å². The van der Waals surface area contributed by atoms with Crippen LogP contribution >= 0.6 is 0 Å². The predicted molar refractivity (Wildman–Crippen MR) is 39.2 cm³/mol. The Morgan fingerprint density at radius 1 is 1.11 bits per heavy atom. The average molecular weight is 132 g/mol. The molecule has 0 bridgehead atoms. The van der Waals surface area contributed by atoms with Gasteiger partial charge in [0.05, 0.1) is 13.2 Å². The van der Waals surface area contributed by atoms with Gasteiger partial charge in [0, 0.05) is 5.41 Å². The molecule has 0 fully saturated rings. The highest BCUT2D eigenvalue weighted by molar-refractivity contribution is 4.62. The van der Waals surface area contributed by atoms with E-state index in [0.717, 1.165) is 0 Å². The van der Waals surface area contributed by atoms with Gasteiger partial charge < -0.3 is 10.2 Å². The van der Waals surface area contributed by atoms with Gasteiger partial charge in [0.15, 0.2) is 0 Å². The smallest absolute Gasteiger partial charge is 0.0504 e. The molecule has 0 saturated heterocycles. The predicted octanol–water partition coefficient (Wildman–Crippen LogP) is 0.799. The quantitative estimate of drug-likeness (QED) is 0.545. The Morgan fingerprint density at radius 2 is 1.33 bits per heavy atom. The van der Waals surface area contributed by atoms with Crippen LogP contribution in [0.15, 0.2) is 13.2 Å². The number of hydrogen-bond donors (Lipinski definition) is 2. The van der Waals surface area contributed by atoms with Crippen molar-refractivity contribution in [1.82, 2.24) is 0 Å². The summed E-state index contributed by atoms with van der Waals surface area (Å²) in [6.07, 6.45) is 0. The number of aliphatic hydroxyl groups excluding tert-OH is 2. The fourth-order valence-corrected chi connectivity index (χ4v) is 0.0500. The molecule has 0 unspecified atom stereocenters. The van der Waals surface area contributed by atoms with Crippen LogP contribution in [-0.2, 0) is 0 Å². The molecule has 2 nitrogen and oxygen atoms in total. The van der Waals surface area contributed by atoms with Crippen LogP contribution < -0.4 is 0 Å². The van der Waals surface area contributed by atoms with Crippen molar-refractivity contribution >= 4 is 0 Å². The van der Waals surface area contributed by atoms with E-state index in [4.69, 9.17) is 10.2 Å². The van der Waals surface area contributed by atoms with E-state index in [1.54, 1.807) is 13.8 Å². The zero-order valence-electron chi connectivity index (χ0n) is 6.22. The SMILES string of the molecule is C=C.CC(C)(CO)CO. The Bertz CT molecular complexity index is 53.9. The second-order valence-electron chi connectivity index (χ2n) is 2.48. The Kier molecular flexibility index (Phi) is 7.37. The summed E-state index contributed by atoms with van der Waals surface area (Å²) in [7, 11) is 0. The molecule has 0 aliphatic carbocycles. The minimum Gasteiger partial charge on any atom is -0.396 e. The maximum Gasteiger partial charge on any atom is 0.0504 e.